The highest BCUT2D eigenvalue weighted by Crippen LogP contribution is 2.23. The Morgan fingerprint density at radius 3 is 1.91 bits per heavy atom. The smallest absolute Gasteiger partial charge is 0.328 e. The van der Waals surface area contributed by atoms with E-state index in [2.05, 4.69) is 12.2 Å². The highest BCUT2D eigenvalue weighted by atomic mass is 16.6. The molecule has 1 rings (SSSR count). The first-order valence-corrected chi connectivity index (χ1v) is 11.6. The Bertz CT molecular complexity index is 779. The standard InChI is InChI=1S/C23H35N3O7/c1-4-5-6-7-8-9-10-11-12-33-23(28)21(13-17(2)3)24-22(27)18-14-19(25(29)30)16-20(15-18)26(31)32/h14-17,21H,4-13H2,1-3H3,(H,24,27). The monoisotopic (exact) mass is 465 g/mol. The fourth-order valence-electron chi connectivity index (χ4n) is 3.37. The number of benzene rings is 1. The summed E-state index contributed by atoms with van der Waals surface area (Å²) in [5.41, 5.74) is -1.42. The van der Waals surface area contributed by atoms with E-state index in [-0.39, 0.29) is 18.1 Å². The van der Waals surface area contributed by atoms with Gasteiger partial charge in [-0.2, -0.15) is 0 Å². The maximum atomic E-state index is 12.6. The minimum absolute atomic E-state index is 0.0606. The zero-order valence-electron chi connectivity index (χ0n) is 19.7. The lowest BCUT2D eigenvalue weighted by Gasteiger charge is -2.19. The number of nitrogens with zero attached hydrogens (tertiary/aromatic N) is 2. The molecule has 0 bridgehead atoms. The molecule has 1 N–H and O–H groups in total. The van der Waals surface area contributed by atoms with E-state index in [1.807, 2.05) is 13.8 Å². The first kappa shape index (κ1) is 28.0. The zero-order chi connectivity index (χ0) is 24.8. The Labute approximate surface area is 194 Å². The second-order valence-electron chi connectivity index (χ2n) is 8.55. The minimum Gasteiger partial charge on any atom is -0.464 e. The van der Waals surface area contributed by atoms with Crippen LogP contribution >= 0.6 is 0 Å². The number of nitrogens with one attached hydrogen (secondary N) is 1. The molecule has 184 valence electrons. The van der Waals surface area contributed by atoms with Crippen molar-refractivity contribution in [2.75, 3.05) is 6.61 Å². The van der Waals surface area contributed by atoms with Crippen molar-refractivity contribution < 1.29 is 24.2 Å². The Kier molecular flexibility index (Phi) is 12.7. The Morgan fingerprint density at radius 2 is 1.42 bits per heavy atom. The van der Waals surface area contributed by atoms with Crippen LogP contribution in [0.4, 0.5) is 11.4 Å². The van der Waals surface area contributed by atoms with E-state index in [9.17, 15) is 29.8 Å². The molecule has 0 aliphatic carbocycles. The molecule has 0 spiro atoms. The van der Waals surface area contributed by atoms with Gasteiger partial charge in [0.25, 0.3) is 17.3 Å². The van der Waals surface area contributed by atoms with Crippen LogP contribution in [0.1, 0.15) is 88.9 Å². The molecule has 1 aromatic carbocycles. The summed E-state index contributed by atoms with van der Waals surface area (Å²) >= 11 is 0. The molecule has 0 heterocycles. The van der Waals surface area contributed by atoms with Gasteiger partial charge in [0, 0.05) is 12.1 Å². The van der Waals surface area contributed by atoms with Crippen LogP contribution in [0, 0.1) is 26.1 Å². The van der Waals surface area contributed by atoms with Gasteiger partial charge in [-0.3, -0.25) is 25.0 Å². The molecule has 10 nitrogen and oxygen atoms in total. The predicted octanol–water partition coefficient (Wildman–Crippen LogP) is 5.33. The number of non-ortho nitro benzene ring substituents is 2. The highest BCUT2D eigenvalue weighted by molar-refractivity contribution is 5.98. The van der Waals surface area contributed by atoms with Gasteiger partial charge in [0.1, 0.15) is 6.04 Å². The average Bonchev–Trinajstić information content (AvgIpc) is 2.76. The molecule has 0 fully saturated rings. The van der Waals surface area contributed by atoms with Crippen LogP contribution in [0.3, 0.4) is 0 Å². The van der Waals surface area contributed by atoms with Gasteiger partial charge in [-0.25, -0.2) is 4.79 Å². The molecular formula is C23H35N3O7. The quantitative estimate of drug-likeness (QED) is 0.150. The van der Waals surface area contributed by atoms with Gasteiger partial charge in [-0.15, -0.1) is 0 Å². The molecule has 0 aromatic heterocycles. The number of rotatable bonds is 16. The molecule has 1 unspecified atom stereocenters. The van der Waals surface area contributed by atoms with Crippen LogP contribution < -0.4 is 5.32 Å². The number of hydrogen-bond acceptors (Lipinski definition) is 7. The number of esters is 1. The normalized spacial score (nSPS) is 11.8. The van der Waals surface area contributed by atoms with Crippen molar-refractivity contribution in [2.45, 2.75) is 84.6 Å². The minimum atomic E-state index is -0.954. The number of carbonyl (C=O) groups is 2. The van der Waals surface area contributed by atoms with Crippen LogP contribution in [0.15, 0.2) is 18.2 Å². The van der Waals surface area contributed by atoms with E-state index in [1.54, 1.807) is 0 Å². The number of hydrogen-bond donors (Lipinski definition) is 1. The van der Waals surface area contributed by atoms with Crippen LogP contribution in [-0.2, 0) is 9.53 Å². The lowest BCUT2D eigenvalue weighted by Crippen LogP contribution is -2.42. The third-order valence-electron chi connectivity index (χ3n) is 5.13. The second kappa shape index (κ2) is 14.9. The number of unbranched alkanes of at least 4 members (excludes halogenated alkanes) is 7. The maximum absolute atomic E-state index is 12.6. The van der Waals surface area contributed by atoms with Gasteiger partial charge >= 0.3 is 5.97 Å². The molecule has 0 saturated heterocycles. The van der Waals surface area contributed by atoms with Crippen LogP contribution in [-0.4, -0.2) is 34.4 Å². The van der Waals surface area contributed by atoms with E-state index < -0.39 is 39.1 Å². The summed E-state index contributed by atoms with van der Waals surface area (Å²) in [7, 11) is 0. The second-order valence-corrected chi connectivity index (χ2v) is 8.55. The molecule has 0 aliphatic heterocycles. The fourth-order valence-corrected chi connectivity index (χ4v) is 3.37. The van der Waals surface area contributed by atoms with Crippen molar-refractivity contribution in [1.82, 2.24) is 5.32 Å². The van der Waals surface area contributed by atoms with Crippen molar-refractivity contribution in [3.8, 4) is 0 Å². The van der Waals surface area contributed by atoms with Gasteiger partial charge < -0.3 is 10.1 Å². The predicted molar refractivity (Wildman–Crippen MR) is 124 cm³/mol. The topological polar surface area (TPSA) is 142 Å². The van der Waals surface area contributed by atoms with E-state index >= 15 is 0 Å². The molecular weight excluding hydrogens is 430 g/mol. The van der Waals surface area contributed by atoms with Gasteiger partial charge in [0.15, 0.2) is 0 Å². The maximum Gasteiger partial charge on any atom is 0.328 e. The summed E-state index contributed by atoms with van der Waals surface area (Å²) in [6.07, 6.45) is 9.16. The Hall–Kier alpha value is -3.04. The van der Waals surface area contributed by atoms with Crippen molar-refractivity contribution in [3.05, 3.63) is 44.0 Å². The summed E-state index contributed by atoms with van der Waals surface area (Å²) in [6.45, 7) is 6.18. The van der Waals surface area contributed by atoms with Gasteiger partial charge in [-0.1, -0.05) is 65.7 Å². The zero-order valence-corrected chi connectivity index (χ0v) is 19.7. The summed E-state index contributed by atoms with van der Waals surface area (Å²) in [4.78, 5) is 45.7. The Balaban J connectivity index is 2.68. The molecule has 1 amide bonds. The summed E-state index contributed by atoms with van der Waals surface area (Å²) in [5.74, 6) is -1.33. The van der Waals surface area contributed by atoms with Crippen LogP contribution in [0.25, 0.3) is 0 Å². The van der Waals surface area contributed by atoms with Crippen molar-refractivity contribution in [3.63, 3.8) is 0 Å². The van der Waals surface area contributed by atoms with Crippen molar-refractivity contribution in [2.24, 2.45) is 5.92 Å². The molecule has 33 heavy (non-hydrogen) atoms. The average molecular weight is 466 g/mol. The first-order chi connectivity index (χ1) is 15.6. The number of nitro benzene ring substituents is 2. The summed E-state index contributed by atoms with van der Waals surface area (Å²) in [5, 5.41) is 24.6. The summed E-state index contributed by atoms with van der Waals surface area (Å²) in [6, 6.07) is 1.71. The fraction of sp³-hybridized carbons (Fsp3) is 0.652. The first-order valence-electron chi connectivity index (χ1n) is 11.6. The van der Waals surface area contributed by atoms with E-state index in [0.717, 1.165) is 43.9 Å². The molecule has 0 aliphatic rings. The largest absolute Gasteiger partial charge is 0.464 e. The Morgan fingerprint density at radius 1 is 0.909 bits per heavy atom. The molecule has 1 aromatic rings. The third kappa shape index (κ3) is 10.9. The van der Waals surface area contributed by atoms with Crippen molar-refractivity contribution >= 4 is 23.3 Å². The SMILES string of the molecule is CCCCCCCCCCOC(=O)C(CC(C)C)NC(=O)c1cc([N+](=O)[O-])cc([N+](=O)[O-])c1. The number of carbonyl (C=O) groups excluding carboxylic acids is 2. The molecule has 1 atom stereocenters. The number of ether oxygens (including phenoxy) is 1. The lowest BCUT2D eigenvalue weighted by atomic mass is 10.0. The molecule has 0 radical (unpaired) electrons. The molecule has 10 heteroatoms. The van der Waals surface area contributed by atoms with Crippen LogP contribution in [0.5, 0.6) is 0 Å². The lowest BCUT2D eigenvalue weighted by molar-refractivity contribution is -0.394. The van der Waals surface area contributed by atoms with E-state index in [4.69, 9.17) is 4.74 Å². The highest BCUT2D eigenvalue weighted by Gasteiger charge is 2.26. The third-order valence-corrected chi connectivity index (χ3v) is 5.13. The van der Waals surface area contributed by atoms with E-state index in [1.165, 1.54) is 25.7 Å². The molecule has 0 saturated carbocycles. The van der Waals surface area contributed by atoms with Gasteiger partial charge in [-0.05, 0) is 18.8 Å². The summed E-state index contributed by atoms with van der Waals surface area (Å²) < 4.78 is 5.34. The number of amides is 1. The van der Waals surface area contributed by atoms with Gasteiger partial charge in [0.2, 0.25) is 0 Å². The number of nitro groups is 2. The van der Waals surface area contributed by atoms with Gasteiger partial charge in [0.05, 0.1) is 28.1 Å². The van der Waals surface area contributed by atoms with E-state index in [0.29, 0.717) is 6.42 Å². The van der Waals surface area contributed by atoms with Crippen molar-refractivity contribution in [1.29, 1.82) is 0 Å². The van der Waals surface area contributed by atoms with Crippen LogP contribution in [0.2, 0.25) is 0 Å².